The van der Waals surface area contributed by atoms with Crippen LogP contribution in [0.5, 0.6) is 11.5 Å². The number of methoxy groups -OCH3 is 2. The van der Waals surface area contributed by atoms with Gasteiger partial charge in [0.25, 0.3) is 0 Å². The average molecular weight is 491 g/mol. The Balaban J connectivity index is 1.78. The van der Waals surface area contributed by atoms with Crippen molar-refractivity contribution >= 4 is 38.1 Å². The maximum atomic E-state index is 12.9. The minimum atomic E-state index is -3.87. The Labute approximate surface area is 197 Å². The van der Waals surface area contributed by atoms with Crippen molar-refractivity contribution in [1.29, 1.82) is 0 Å². The Morgan fingerprint density at radius 2 is 1.82 bits per heavy atom. The number of aryl methyl sites for hydroxylation is 1. The molecule has 0 unspecified atom stereocenters. The number of nitrogens with zero attached hydrogens (tertiary/aromatic N) is 2. The number of carbonyl (C=O) groups is 1. The fourth-order valence-electron chi connectivity index (χ4n) is 3.15. The normalized spacial score (nSPS) is 11.3. The minimum Gasteiger partial charge on any atom is -0.496 e. The zero-order chi connectivity index (χ0) is 24.2. The molecule has 0 spiro atoms. The van der Waals surface area contributed by atoms with Crippen LogP contribution in [0, 0.1) is 6.92 Å². The number of nitrogens with one attached hydrogen (secondary N) is 2. The van der Waals surface area contributed by atoms with Crippen LogP contribution in [-0.2, 0) is 14.8 Å². The van der Waals surface area contributed by atoms with E-state index in [1.54, 1.807) is 32.2 Å². The topological polar surface area (TPSA) is 110 Å². The molecule has 3 rings (SSSR count). The first-order valence-corrected chi connectivity index (χ1v) is 12.2. The van der Waals surface area contributed by atoms with Crippen LogP contribution < -0.4 is 20.1 Å². The van der Waals surface area contributed by atoms with Crippen LogP contribution in [0.1, 0.15) is 5.56 Å². The Morgan fingerprint density at radius 3 is 2.42 bits per heavy atom. The predicted octanol–water partition coefficient (Wildman–Crippen LogP) is 3.44. The zero-order valence-corrected chi connectivity index (χ0v) is 20.6. The van der Waals surface area contributed by atoms with E-state index in [0.717, 1.165) is 20.7 Å². The third-order valence-electron chi connectivity index (χ3n) is 4.93. The van der Waals surface area contributed by atoms with Crippen LogP contribution in [0.2, 0.25) is 0 Å². The molecular weight excluding hydrogens is 464 g/mol. The second kappa shape index (κ2) is 10.2. The Hall–Kier alpha value is -3.15. The molecule has 33 heavy (non-hydrogen) atoms. The third-order valence-corrected chi connectivity index (χ3v) is 7.59. The van der Waals surface area contributed by atoms with Gasteiger partial charge >= 0.3 is 0 Å². The van der Waals surface area contributed by atoms with Crippen molar-refractivity contribution in [3.8, 4) is 22.8 Å². The van der Waals surface area contributed by atoms with Gasteiger partial charge in [-0.2, -0.15) is 4.31 Å². The van der Waals surface area contributed by atoms with Crippen molar-refractivity contribution in [3.63, 3.8) is 0 Å². The summed E-state index contributed by atoms with van der Waals surface area (Å²) >= 11 is 1.46. The van der Waals surface area contributed by atoms with Gasteiger partial charge in [0.05, 0.1) is 37.0 Å². The summed E-state index contributed by atoms with van der Waals surface area (Å²) < 4.78 is 37.4. The summed E-state index contributed by atoms with van der Waals surface area (Å²) in [4.78, 5) is 17.3. The fourth-order valence-corrected chi connectivity index (χ4v) is 5.05. The second-order valence-corrected chi connectivity index (χ2v) is 10.0. The molecule has 0 aliphatic carbocycles. The number of carbonyl (C=O) groups excluding carboxylic acids is 1. The number of rotatable bonds is 9. The van der Waals surface area contributed by atoms with Gasteiger partial charge in [0.2, 0.25) is 15.9 Å². The van der Waals surface area contributed by atoms with Gasteiger partial charge in [0.1, 0.15) is 11.5 Å². The molecule has 2 N–H and O–H groups in total. The van der Waals surface area contributed by atoms with Crippen LogP contribution in [0.4, 0.5) is 10.8 Å². The van der Waals surface area contributed by atoms with E-state index in [-0.39, 0.29) is 11.4 Å². The molecule has 0 saturated carbocycles. The molecule has 0 fully saturated rings. The Morgan fingerprint density at radius 1 is 1.12 bits per heavy atom. The van der Waals surface area contributed by atoms with E-state index in [2.05, 4.69) is 15.6 Å². The van der Waals surface area contributed by atoms with Crippen LogP contribution in [-0.4, -0.2) is 58.5 Å². The lowest BCUT2D eigenvalue weighted by molar-refractivity contribution is -0.116. The maximum Gasteiger partial charge on any atom is 0.243 e. The molecule has 2 aromatic carbocycles. The quantitative estimate of drug-likeness (QED) is 0.473. The Bertz CT molecular complexity index is 1260. The summed E-state index contributed by atoms with van der Waals surface area (Å²) in [5, 5.41) is 8.41. The predicted molar refractivity (Wildman–Crippen MR) is 130 cm³/mol. The zero-order valence-electron chi connectivity index (χ0n) is 19.0. The first kappa shape index (κ1) is 24.5. The van der Waals surface area contributed by atoms with Crippen LogP contribution in [0.15, 0.2) is 46.7 Å². The molecule has 1 amide bonds. The van der Waals surface area contributed by atoms with Gasteiger partial charge in [0.15, 0.2) is 5.13 Å². The molecule has 0 saturated heterocycles. The highest BCUT2D eigenvalue weighted by Gasteiger charge is 2.24. The largest absolute Gasteiger partial charge is 0.496 e. The summed E-state index contributed by atoms with van der Waals surface area (Å²) in [5.74, 6) is 0.534. The van der Waals surface area contributed by atoms with E-state index in [0.29, 0.717) is 22.7 Å². The van der Waals surface area contributed by atoms with E-state index in [9.17, 15) is 13.2 Å². The van der Waals surface area contributed by atoms with Gasteiger partial charge in [-0.1, -0.05) is 0 Å². The number of ether oxygens (including phenoxy) is 2. The average Bonchev–Trinajstić information content (AvgIpc) is 3.28. The number of aromatic nitrogens is 1. The molecule has 0 bridgehead atoms. The van der Waals surface area contributed by atoms with Crippen molar-refractivity contribution < 1.29 is 22.7 Å². The third kappa shape index (κ3) is 5.44. The maximum absolute atomic E-state index is 12.9. The van der Waals surface area contributed by atoms with E-state index < -0.39 is 15.9 Å². The number of anilines is 2. The van der Waals surface area contributed by atoms with E-state index in [4.69, 9.17) is 9.47 Å². The second-order valence-electron chi connectivity index (χ2n) is 7.14. The lowest BCUT2D eigenvalue weighted by atomic mass is 10.1. The van der Waals surface area contributed by atoms with Gasteiger partial charge in [-0.05, 0) is 48.9 Å². The van der Waals surface area contributed by atoms with Crippen molar-refractivity contribution in [2.24, 2.45) is 0 Å². The lowest BCUT2D eigenvalue weighted by Crippen LogP contribution is -2.35. The molecule has 11 heteroatoms. The van der Waals surface area contributed by atoms with E-state index in [1.807, 2.05) is 11.4 Å². The minimum absolute atomic E-state index is 0.0829. The number of sulfonamides is 1. The van der Waals surface area contributed by atoms with Gasteiger partial charge in [-0.25, -0.2) is 13.4 Å². The first-order chi connectivity index (χ1) is 15.7. The molecule has 0 aliphatic heterocycles. The summed E-state index contributed by atoms with van der Waals surface area (Å²) in [6.07, 6.45) is 0. The molecule has 9 nitrogen and oxygen atoms in total. The van der Waals surface area contributed by atoms with Crippen molar-refractivity contribution in [1.82, 2.24) is 9.29 Å². The highest BCUT2D eigenvalue weighted by atomic mass is 32.2. The summed E-state index contributed by atoms with van der Waals surface area (Å²) in [7, 11) is 2.29. The summed E-state index contributed by atoms with van der Waals surface area (Å²) in [6, 6.07) is 9.87. The standard InChI is InChI=1S/C22H26N4O5S2/c1-14-10-16(7-9-19(14)30-4)33(28,29)26(3)12-21(27)24-17-11-15(6-8-20(17)31-5)18-13-32-22(23-2)25-18/h6-11,13H,12H2,1-5H3,(H,23,25)(H,24,27). The van der Waals surface area contributed by atoms with Crippen molar-refractivity contribution in [2.75, 3.05) is 45.5 Å². The van der Waals surface area contributed by atoms with Gasteiger partial charge in [-0.15, -0.1) is 11.3 Å². The number of hydrogen-bond donors (Lipinski definition) is 2. The number of likely N-dealkylation sites (N-methyl/N-ethyl adjacent to an activating group) is 1. The van der Waals surface area contributed by atoms with E-state index >= 15 is 0 Å². The molecule has 0 radical (unpaired) electrons. The lowest BCUT2D eigenvalue weighted by Gasteiger charge is -2.18. The molecule has 0 atom stereocenters. The number of thiazole rings is 1. The highest BCUT2D eigenvalue weighted by Crippen LogP contribution is 2.32. The first-order valence-electron chi connectivity index (χ1n) is 9.92. The monoisotopic (exact) mass is 490 g/mol. The number of amides is 1. The fraction of sp³-hybridized carbons (Fsp3) is 0.273. The SMILES string of the molecule is CNc1nc(-c2ccc(OC)c(NC(=O)CN(C)S(=O)(=O)c3ccc(OC)c(C)c3)c2)cs1. The Kier molecular flexibility index (Phi) is 7.57. The molecule has 0 aliphatic rings. The van der Waals surface area contributed by atoms with Crippen molar-refractivity contribution in [2.45, 2.75) is 11.8 Å². The number of benzene rings is 2. The van der Waals surface area contributed by atoms with Crippen molar-refractivity contribution in [3.05, 3.63) is 47.3 Å². The van der Waals surface area contributed by atoms with Gasteiger partial charge < -0.3 is 20.1 Å². The molecule has 1 heterocycles. The molecular formula is C22H26N4O5S2. The van der Waals surface area contributed by atoms with Gasteiger partial charge in [0, 0.05) is 25.0 Å². The van der Waals surface area contributed by atoms with E-state index in [1.165, 1.54) is 44.7 Å². The molecule has 176 valence electrons. The summed E-state index contributed by atoms with van der Waals surface area (Å²) in [5.41, 5.74) is 2.64. The smallest absolute Gasteiger partial charge is 0.243 e. The van der Waals surface area contributed by atoms with Gasteiger partial charge in [-0.3, -0.25) is 4.79 Å². The molecule has 3 aromatic rings. The highest BCUT2D eigenvalue weighted by molar-refractivity contribution is 7.89. The van der Waals surface area contributed by atoms with Crippen LogP contribution in [0.25, 0.3) is 11.3 Å². The van der Waals surface area contributed by atoms with Crippen LogP contribution >= 0.6 is 11.3 Å². The molecule has 1 aromatic heterocycles. The summed E-state index contributed by atoms with van der Waals surface area (Å²) in [6.45, 7) is 1.38. The number of hydrogen-bond acceptors (Lipinski definition) is 8. The van der Waals surface area contributed by atoms with Crippen LogP contribution in [0.3, 0.4) is 0 Å².